The molecule has 0 bridgehead atoms. The van der Waals surface area contributed by atoms with Crippen molar-refractivity contribution < 1.29 is 19.0 Å². The van der Waals surface area contributed by atoms with Crippen LogP contribution in [-0.4, -0.2) is 35.4 Å². The molecule has 0 aliphatic carbocycles. The molecule has 1 atom stereocenters. The van der Waals surface area contributed by atoms with Gasteiger partial charge in [-0.2, -0.15) is 10.1 Å². The third-order valence-electron chi connectivity index (χ3n) is 2.97. The van der Waals surface area contributed by atoms with Crippen molar-refractivity contribution in [3.05, 3.63) is 29.6 Å². The molecule has 2 heterocycles. The number of fused-ring (bicyclic) bond motifs is 1. The maximum Gasteiger partial charge on any atom is 0.344 e. The fourth-order valence-corrected chi connectivity index (χ4v) is 2.11. The van der Waals surface area contributed by atoms with Gasteiger partial charge >= 0.3 is 5.97 Å². The van der Waals surface area contributed by atoms with Crippen LogP contribution in [0.5, 0.6) is 11.5 Å². The average Bonchev–Trinajstić information content (AvgIpc) is 3.07. The van der Waals surface area contributed by atoms with Crippen molar-refractivity contribution in [2.75, 3.05) is 19.5 Å². The highest BCUT2D eigenvalue weighted by atomic mass is 16.6. The minimum atomic E-state index is -0.648. The van der Waals surface area contributed by atoms with Crippen LogP contribution in [0.4, 0.5) is 5.95 Å². The van der Waals surface area contributed by atoms with Gasteiger partial charge in [-0.1, -0.05) is 0 Å². The van der Waals surface area contributed by atoms with Crippen molar-refractivity contribution >= 4 is 11.9 Å². The second kappa shape index (κ2) is 4.72. The first-order valence-corrected chi connectivity index (χ1v) is 5.82. The molecule has 2 N–H and O–H groups in total. The minimum absolute atomic E-state index is 0.351. The maximum absolute atomic E-state index is 12.0. The molecule has 0 unspecified atom stereocenters. The molecule has 0 radical (unpaired) electrons. The highest BCUT2D eigenvalue weighted by Gasteiger charge is 2.36. The zero-order chi connectivity index (χ0) is 14.1. The van der Waals surface area contributed by atoms with Crippen molar-refractivity contribution in [2.24, 2.45) is 0 Å². The van der Waals surface area contributed by atoms with E-state index in [0.717, 1.165) is 0 Å². The first-order valence-electron chi connectivity index (χ1n) is 5.82. The summed E-state index contributed by atoms with van der Waals surface area (Å²) in [5.41, 5.74) is 1.01. The molecule has 20 heavy (non-hydrogen) atoms. The van der Waals surface area contributed by atoms with Crippen LogP contribution in [0.1, 0.15) is 22.1 Å². The number of rotatable bonds is 4. The van der Waals surface area contributed by atoms with E-state index < -0.39 is 12.2 Å². The standard InChI is InChI=1S/C12H12N4O4/c1-18-7-4-3-6-8(9(7)19-2)11(17)20-10(6)15-12-13-5-14-16-12/h3-5,10H,1-2H3,(H2,13,14,15,16)/t10-/m1/s1. The van der Waals surface area contributed by atoms with Crippen molar-refractivity contribution in [2.45, 2.75) is 6.23 Å². The van der Waals surface area contributed by atoms with Gasteiger partial charge in [0, 0.05) is 5.56 Å². The number of carbonyl (C=O) groups is 1. The highest BCUT2D eigenvalue weighted by molar-refractivity contribution is 5.98. The number of cyclic esters (lactones) is 1. The summed E-state index contributed by atoms with van der Waals surface area (Å²) in [5, 5.41) is 9.29. The summed E-state index contributed by atoms with van der Waals surface area (Å²) in [7, 11) is 2.98. The van der Waals surface area contributed by atoms with Gasteiger partial charge in [0.15, 0.2) is 11.5 Å². The predicted molar refractivity (Wildman–Crippen MR) is 67.7 cm³/mol. The van der Waals surface area contributed by atoms with Crippen LogP contribution in [0.3, 0.4) is 0 Å². The Bertz CT molecular complexity index is 641. The molecule has 8 heteroatoms. The molecular formula is C12H12N4O4. The Morgan fingerprint density at radius 2 is 2.20 bits per heavy atom. The van der Waals surface area contributed by atoms with E-state index in [1.54, 1.807) is 12.1 Å². The monoisotopic (exact) mass is 276 g/mol. The SMILES string of the molecule is COc1ccc2c(c1OC)C(=O)O[C@H]2Nc1ncn[nH]1. The summed E-state index contributed by atoms with van der Waals surface area (Å²) < 4.78 is 15.7. The van der Waals surface area contributed by atoms with Gasteiger partial charge in [0.05, 0.1) is 14.2 Å². The Morgan fingerprint density at radius 1 is 1.35 bits per heavy atom. The number of hydrogen-bond acceptors (Lipinski definition) is 7. The number of aromatic amines is 1. The lowest BCUT2D eigenvalue weighted by Gasteiger charge is -2.12. The minimum Gasteiger partial charge on any atom is -0.493 e. The van der Waals surface area contributed by atoms with Crippen LogP contribution >= 0.6 is 0 Å². The van der Waals surface area contributed by atoms with E-state index in [4.69, 9.17) is 14.2 Å². The van der Waals surface area contributed by atoms with Crippen molar-refractivity contribution in [1.29, 1.82) is 0 Å². The molecule has 3 rings (SSSR count). The summed E-state index contributed by atoms with van der Waals surface area (Å²) >= 11 is 0. The molecule has 0 saturated heterocycles. The lowest BCUT2D eigenvalue weighted by molar-refractivity contribution is 0.0434. The van der Waals surface area contributed by atoms with E-state index in [-0.39, 0.29) is 0 Å². The number of esters is 1. The molecule has 1 aromatic carbocycles. The number of ether oxygens (including phenoxy) is 3. The van der Waals surface area contributed by atoms with Crippen molar-refractivity contribution in [1.82, 2.24) is 15.2 Å². The normalized spacial score (nSPS) is 16.5. The zero-order valence-electron chi connectivity index (χ0n) is 10.8. The van der Waals surface area contributed by atoms with Gasteiger partial charge in [-0.05, 0) is 12.1 Å². The molecule has 0 spiro atoms. The molecule has 0 saturated carbocycles. The Balaban J connectivity index is 2.01. The molecule has 1 aliphatic rings. The number of hydrogen-bond donors (Lipinski definition) is 2. The largest absolute Gasteiger partial charge is 0.493 e. The van der Waals surface area contributed by atoms with Gasteiger partial charge in [0.2, 0.25) is 12.2 Å². The Hall–Kier alpha value is -2.77. The number of aromatic nitrogens is 3. The Kier molecular flexibility index (Phi) is 2.90. The third-order valence-corrected chi connectivity index (χ3v) is 2.97. The lowest BCUT2D eigenvalue weighted by Crippen LogP contribution is -2.11. The Morgan fingerprint density at radius 3 is 2.85 bits per heavy atom. The van der Waals surface area contributed by atoms with Crippen LogP contribution in [0.15, 0.2) is 18.5 Å². The second-order valence-corrected chi connectivity index (χ2v) is 4.03. The second-order valence-electron chi connectivity index (χ2n) is 4.03. The maximum atomic E-state index is 12.0. The fourth-order valence-electron chi connectivity index (χ4n) is 2.11. The van der Waals surface area contributed by atoms with E-state index in [1.165, 1.54) is 20.5 Å². The van der Waals surface area contributed by atoms with Gasteiger partial charge in [-0.3, -0.25) is 0 Å². The van der Waals surface area contributed by atoms with E-state index in [1.807, 2.05) is 0 Å². The molecule has 1 aromatic heterocycles. The first kappa shape index (κ1) is 12.3. The Labute approximate surface area is 114 Å². The van der Waals surface area contributed by atoms with Crippen molar-refractivity contribution in [3.63, 3.8) is 0 Å². The molecule has 0 amide bonds. The number of carbonyl (C=O) groups excluding carboxylic acids is 1. The number of nitrogens with one attached hydrogen (secondary N) is 2. The molecule has 8 nitrogen and oxygen atoms in total. The molecule has 2 aromatic rings. The van der Waals surface area contributed by atoms with Gasteiger partial charge in [0.25, 0.3) is 0 Å². The number of anilines is 1. The highest BCUT2D eigenvalue weighted by Crippen LogP contribution is 2.41. The number of methoxy groups -OCH3 is 2. The molecule has 104 valence electrons. The predicted octanol–water partition coefficient (Wildman–Crippen LogP) is 1.10. The number of nitrogens with zero attached hydrogens (tertiary/aromatic N) is 2. The van der Waals surface area contributed by atoms with Gasteiger partial charge < -0.3 is 19.5 Å². The van der Waals surface area contributed by atoms with Crippen LogP contribution in [0.25, 0.3) is 0 Å². The van der Waals surface area contributed by atoms with Crippen LogP contribution in [-0.2, 0) is 4.74 Å². The summed E-state index contributed by atoms with van der Waals surface area (Å²) in [6.07, 6.45) is 0.708. The van der Waals surface area contributed by atoms with Gasteiger partial charge in [-0.15, -0.1) is 0 Å². The topological polar surface area (TPSA) is 98.4 Å². The molecular weight excluding hydrogens is 264 g/mol. The van der Waals surface area contributed by atoms with E-state index >= 15 is 0 Å². The van der Waals surface area contributed by atoms with Crippen LogP contribution < -0.4 is 14.8 Å². The lowest BCUT2D eigenvalue weighted by atomic mass is 10.1. The molecule has 0 fully saturated rings. The fraction of sp³-hybridized carbons (Fsp3) is 0.250. The third kappa shape index (κ3) is 1.81. The number of benzene rings is 1. The van der Waals surface area contributed by atoms with Gasteiger partial charge in [0.1, 0.15) is 11.9 Å². The first-order chi connectivity index (χ1) is 9.74. The van der Waals surface area contributed by atoms with E-state index in [0.29, 0.717) is 28.6 Å². The number of H-pyrrole nitrogens is 1. The van der Waals surface area contributed by atoms with Crippen LogP contribution in [0.2, 0.25) is 0 Å². The molecule has 1 aliphatic heterocycles. The van der Waals surface area contributed by atoms with E-state index in [9.17, 15) is 4.79 Å². The summed E-state index contributed by atoms with van der Waals surface area (Å²) in [4.78, 5) is 15.9. The zero-order valence-corrected chi connectivity index (χ0v) is 10.8. The summed E-state index contributed by atoms with van der Waals surface area (Å²) in [5.74, 6) is 0.763. The van der Waals surface area contributed by atoms with Crippen LogP contribution in [0, 0.1) is 0 Å². The summed E-state index contributed by atoms with van der Waals surface area (Å²) in [6.45, 7) is 0. The summed E-state index contributed by atoms with van der Waals surface area (Å²) in [6, 6.07) is 3.46. The average molecular weight is 276 g/mol. The quantitative estimate of drug-likeness (QED) is 0.807. The smallest absolute Gasteiger partial charge is 0.344 e. The van der Waals surface area contributed by atoms with E-state index in [2.05, 4.69) is 20.5 Å². The van der Waals surface area contributed by atoms with Crippen molar-refractivity contribution in [3.8, 4) is 11.5 Å². The van der Waals surface area contributed by atoms with Gasteiger partial charge in [-0.25, -0.2) is 9.89 Å².